The maximum absolute atomic E-state index is 12.8. The summed E-state index contributed by atoms with van der Waals surface area (Å²) in [6, 6.07) is 6.94. The molecule has 2 aliphatic heterocycles. The standard InChI is InChI=1S/C18H21IN2O4/c1-2-25-18(24)12-7-9-20(10-8-12)15-11-16(22)21(17(15)23)14-5-3-13(19)4-6-14/h3-6,12,15H,2,7-11H2,1H3/t15-/m0/s1. The van der Waals surface area contributed by atoms with Crippen molar-refractivity contribution in [2.75, 3.05) is 24.6 Å². The molecule has 1 aromatic rings. The lowest BCUT2D eigenvalue weighted by atomic mass is 9.95. The highest BCUT2D eigenvalue weighted by molar-refractivity contribution is 14.1. The highest BCUT2D eigenvalue weighted by Crippen LogP contribution is 2.29. The highest BCUT2D eigenvalue weighted by Gasteiger charge is 2.43. The normalized spacial score (nSPS) is 22.5. The van der Waals surface area contributed by atoms with E-state index in [2.05, 4.69) is 22.6 Å². The Kier molecular flexibility index (Phi) is 5.73. The zero-order valence-corrected chi connectivity index (χ0v) is 16.3. The molecule has 0 aliphatic carbocycles. The van der Waals surface area contributed by atoms with Crippen molar-refractivity contribution in [1.82, 2.24) is 4.90 Å². The number of ether oxygens (including phenoxy) is 1. The molecule has 134 valence electrons. The van der Waals surface area contributed by atoms with Crippen molar-refractivity contribution in [2.24, 2.45) is 5.92 Å². The van der Waals surface area contributed by atoms with E-state index in [1.54, 1.807) is 19.1 Å². The monoisotopic (exact) mass is 456 g/mol. The third kappa shape index (κ3) is 3.87. The zero-order valence-electron chi connectivity index (χ0n) is 14.1. The van der Waals surface area contributed by atoms with Crippen LogP contribution >= 0.6 is 22.6 Å². The second-order valence-corrected chi connectivity index (χ2v) is 7.57. The number of hydrogen-bond acceptors (Lipinski definition) is 5. The van der Waals surface area contributed by atoms with Crippen LogP contribution in [-0.4, -0.2) is 48.4 Å². The third-order valence-corrected chi connectivity index (χ3v) is 5.52. The minimum absolute atomic E-state index is 0.101. The summed E-state index contributed by atoms with van der Waals surface area (Å²) in [5.41, 5.74) is 0.624. The molecule has 0 bridgehead atoms. The van der Waals surface area contributed by atoms with Crippen molar-refractivity contribution in [3.63, 3.8) is 0 Å². The summed E-state index contributed by atoms with van der Waals surface area (Å²) < 4.78 is 6.13. The lowest BCUT2D eigenvalue weighted by Gasteiger charge is -2.33. The second-order valence-electron chi connectivity index (χ2n) is 6.33. The van der Waals surface area contributed by atoms with Gasteiger partial charge in [-0.1, -0.05) is 0 Å². The van der Waals surface area contributed by atoms with Gasteiger partial charge in [0.15, 0.2) is 0 Å². The van der Waals surface area contributed by atoms with Crippen molar-refractivity contribution >= 4 is 46.1 Å². The fraction of sp³-hybridized carbons (Fsp3) is 0.500. The molecule has 2 fully saturated rings. The molecule has 1 atom stereocenters. The molecule has 7 heteroatoms. The van der Waals surface area contributed by atoms with Gasteiger partial charge >= 0.3 is 5.97 Å². The number of hydrogen-bond donors (Lipinski definition) is 0. The summed E-state index contributed by atoms with van der Waals surface area (Å²) >= 11 is 2.19. The van der Waals surface area contributed by atoms with Crippen LogP contribution in [0.4, 0.5) is 5.69 Å². The summed E-state index contributed by atoms with van der Waals surface area (Å²) in [7, 11) is 0. The molecule has 0 saturated carbocycles. The van der Waals surface area contributed by atoms with E-state index in [-0.39, 0.29) is 30.1 Å². The predicted octanol–water partition coefficient (Wildman–Crippen LogP) is 2.20. The molecule has 25 heavy (non-hydrogen) atoms. The van der Waals surface area contributed by atoms with Gasteiger partial charge in [-0.3, -0.25) is 19.3 Å². The number of nitrogens with zero attached hydrogens (tertiary/aromatic N) is 2. The van der Waals surface area contributed by atoms with Gasteiger partial charge in [0.2, 0.25) is 5.91 Å². The van der Waals surface area contributed by atoms with Crippen LogP contribution in [0.15, 0.2) is 24.3 Å². The fourth-order valence-corrected chi connectivity index (χ4v) is 3.83. The molecule has 2 saturated heterocycles. The highest BCUT2D eigenvalue weighted by atomic mass is 127. The van der Waals surface area contributed by atoms with Crippen molar-refractivity contribution < 1.29 is 19.1 Å². The van der Waals surface area contributed by atoms with Crippen LogP contribution in [0.1, 0.15) is 26.2 Å². The van der Waals surface area contributed by atoms with Crippen LogP contribution in [-0.2, 0) is 19.1 Å². The van der Waals surface area contributed by atoms with E-state index in [0.29, 0.717) is 38.2 Å². The minimum Gasteiger partial charge on any atom is -0.466 e. The minimum atomic E-state index is -0.421. The van der Waals surface area contributed by atoms with E-state index in [0.717, 1.165) is 3.57 Å². The van der Waals surface area contributed by atoms with Crippen molar-refractivity contribution in [3.8, 4) is 0 Å². The van der Waals surface area contributed by atoms with Gasteiger partial charge in [-0.2, -0.15) is 0 Å². The first-order chi connectivity index (χ1) is 12.0. The van der Waals surface area contributed by atoms with Gasteiger partial charge in [0.05, 0.1) is 30.7 Å². The Morgan fingerprint density at radius 3 is 2.44 bits per heavy atom. The van der Waals surface area contributed by atoms with Gasteiger partial charge in [0.25, 0.3) is 5.91 Å². The summed E-state index contributed by atoms with van der Waals surface area (Å²) in [6.45, 7) is 3.45. The van der Waals surface area contributed by atoms with Crippen LogP contribution in [0.3, 0.4) is 0 Å². The molecule has 0 radical (unpaired) electrons. The lowest BCUT2D eigenvalue weighted by Crippen LogP contribution is -2.47. The van der Waals surface area contributed by atoms with Gasteiger partial charge in [0, 0.05) is 3.57 Å². The summed E-state index contributed by atoms with van der Waals surface area (Å²) in [5, 5.41) is 0. The Morgan fingerprint density at radius 1 is 1.20 bits per heavy atom. The first kappa shape index (κ1) is 18.3. The molecule has 0 N–H and O–H groups in total. The SMILES string of the molecule is CCOC(=O)C1CCN([C@H]2CC(=O)N(c3ccc(I)cc3)C2=O)CC1. The average Bonchev–Trinajstić information content (AvgIpc) is 2.91. The molecule has 0 spiro atoms. The molecule has 3 rings (SSSR count). The predicted molar refractivity (Wildman–Crippen MR) is 101 cm³/mol. The first-order valence-electron chi connectivity index (χ1n) is 8.54. The van der Waals surface area contributed by atoms with Crippen LogP contribution in [0.5, 0.6) is 0 Å². The van der Waals surface area contributed by atoms with Crippen LogP contribution in [0.2, 0.25) is 0 Å². The molecule has 2 heterocycles. The van der Waals surface area contributed by atoms with E-state index in [9.17, 15) is 14.4 Å². The number of carbonyl (C=O) groups excluding carboxylic acids is 3. The number of imide groups is 1. The number of piperidine rings is 1. The third-order valence-electron chi connectivity index (χ3n) is 4.80. The Balaban J connectivity index is 1.65. The molecule has 2 aliphatic rings. The van der Waals surface area contributed by atoms with E-state index in [1.807, 2.05) is 17.0 Å². The Labute approximate surface area is 160 Å². The lowest BCUT2D eigenvalue weighted by molar-refractivity contribution is -0.149. The first-order valence-corrected chi connectivity index (χ1v) is 9.62. The second kappa shape index (κ2) is 7.82. The molecule has 6 nitrogen and oxygen atoms in total. The molecule has 2 amide bonds. The van der Waals surface area contributed by atoms with E-state index in [4.69, 9.17) is 4.74 Å². The van der Waals surface area contributed by atoms with Crippen LogP contribution in [0.25, 0.3) is 0 Å². The summed E-state index contributed by atoms with van der Waals surface area (Å²) in [5.74, 6) is -0.586. The smallest absolute Gasteiger partial charge is 0.309 e. The Hall–Kier alpha value is -1.48. The quantitative estimate of drug-likeness (QED) is 0.395. The number of carbonyl (C=O) groups is 3. The number of rotatable bonds is 4. The van der Waals surface area contributed by atoms with Gasteiger partial charge < -0.3 is 4.74 Å². The largest absolute Gasteiger partial charge is 0.466 e. The summed E-state index contributed by atoms with van der Waals surface area (Å²) in [4.78, 5) is 40.3. The number of amides is 2. The molecular formula is C18H21IN2O4. The number of esters is 1. The van der Waals surface area contributed by atoms with Gasteiger partial charge in [-0.25, -0.2) is 4.90 Å². The number of anilines is 1. The van der Waals surface area contributed by atoms with Gasteiger partial charge in [-0.15, -0.1) is 0 Å². The maximum atomic E-state index is 12.8. The zero-order chi connectivity index (χ0) is 18.0. The van der Waals surface area contributed by atoms with Crippen molar-refractivity contribution in [3.05, 3.63) is 27.8 Å². The van der Waals surface area contributed by atoms with E-state index in [1.165, 1.54) is 4.90 Å². The molecule has 1 aromatic carbocycles. The number of likely N-dealkylation sites (tertiary alicyclic amines) is 1. The molecule has 0 aromatic heterocycles. The average molecular weight is 456 g/mol. The van der Waals surface area contributed by atoms with E-state index >= 15 is 0 Å². The van der Waals surface area contributed by atoms with Crippen molar-refractivity contribution in [1.29, 1.82) is 0 Å². The van der Waals surface area contributed by atoms with Gasteiger partial charge in [-0.05, 0) is 79.7 Å². The van der Waals surface area contributed by atoms with Gasteiger partial charge in [0.1, 0.15) is 0 Å². The Morgan fingerprint density at radius 2 is 1.84 bits per heavy atom. The maximum Gasteiger partial charge on any atom is 0.309 e. The topological polar surface area (TPSA) is 66.9 Å². The molecule has 0 unspecified atom stereocenters. The molecular weight excluding hydrogens is 435 g/mol. The number of benzene rings is 1. The van der Waals surface area contributed by atoms with Crippen LogP contribution in [0, 0.1) is 9.49 Å². The number of halogens is 1. The summed E-state index contributed by atoms with van der Waals surface area (Å²) in [6.07, 6.45) is 1.54. The Bertz CT molecular complexity index is 668. The van der Waals surface area contributed by atoms with Crippen molar-refractivity contribution in [2.45, 2.75) is 32.2 Å². The fourth-order valence-electron chi connectivity index (χ4n) is 3.47. The van der Waals surface area contributed by atoms with Crippen LogP contribution < -0.4 is 4.90 Å². The van der Waals surface area contributed by atoms with E-state index < -0.39 is 6.04 Å².